The van der Waals surface area contributed by atoms with Crippen LogP contribution in [0, 0.1) is 18.7 Å². The fraction of sp³-hybridized carbons (Fsp3) is 0.304. The summed E-state index contributed by atoms with van der Waals surface area (Å²) in [4.78, 5) is 36.7. The molecular formula is C23H23FN4O2. The third-order valence-corrected chi connectivity index (χ3v) is 5.59. The number of aromatic amines is 1. The molecule has 6 nitrogen and oxygen atoms in total. The van der Waals surface area contributed by atoms with Crippen LogP contribution in [0.1, 0.15) is 40.2 Å². The van der Waals surface area contributed by atoms with Gasteiger partial charge in [0, 0.05) is 23.9 Å². The topological polar surface area (TPSA) is 87.7 Å². The van der Waals surface area contributed by atoms with Crippen molar-refractivity contribution in [2.75, 3.05) is 6.54 Å². The molecule has 1 aliphatic carbocycles. The Morgan fingerprint density at radius 2 is 1.97 bits per heavy atom. The number of halogens is 1. The Hall–Kier alpha value is -3.35. The largest absolute Gasteiger partial charge is 0.350 e. The van der Waals surface area contributed by atoms with Gasteiger partial charge in [0.15, 0.2) is 0 Å². The van der Waals surface area contributed by atoms with Gasteiger partial charge in [-0.05, 0) is 74.4 Å². The summed E-state index contributed by atoms with van der Waals surface area (Å²) >= 11 is 0. The van der Waals surface area contributed by atoms with Gasteiger partial charge in [0.1, 0.15) is 17.3 Å². The third-order valence-electron chi connectivity index (χ3n) is 5.59. The van der Waals surface area contributed by atoms with Crippen LogP contribution in [-0.4, -0.2) is 27.4 Å². The molecule has 0 bridgehead atoms. The fourth-order valence-corrected chi connectivity index (χ4v) is 3.84. The van der Waals surface area contributed by atoms with E-state index in [1.54, 1.807) is 24.4 Å². The van der Waals surface area contributed by atoms with E-state index in [0.717, 1.165) is 24.1 Å². The van der Waals surface area contributed by atoms with E-state index < -0.39 is 0 Å². The Kier molecular flexibility index (Phi) is 5.70. The molecule has 4 rings (SSSR count). The number of amides is 1. The Bertz CT molecular complexity index is 1120. The second-order valence-electron chi connectivity index (χ2n) is 7.67. The highest BCUT2D eigenvalue weighted by Crippen LogP contribution is 2.23. The van der Waals surface area contributed by atoms with E-state index in [4.69, 9.17) is 0 Å². The molecule has 154 valence electrons. The van der Waals surface area contributed by atoms with Crippen molar-refractivity contribution in [2.24, 2.45) is 5.92 Å². The summed E-state index contributed by atoms with van der Waals surface area (Å²) in [5, 5.41) is 2.98. The van der Waals surface area contributed by atoms with Gasteiger partial charge in [-0.3, -0.25) is 14.6 Å². The van der Waals surface area contributed by atoms with Gasteiger partial charge in [0.25, 0.3) is 11.5 Å². The second kappa shape index (κ2) is 8.57. The molecule has 2 heterocycles. The molecule has 1 amide bonds. The number of nitrogens with one attached hydrogen (secondary N) is 2. The molecule has 1 aliphatic rings. The van der Waals surface area contributed by atoms with Crippen LogP contribution in [0.4, 0.5) is 4.39 Å². The number of H-pyrrole nitrogens is 1. The maximum Gasteiger partial charge on any atom is 0.270 e. The van der Waals surface area contributed by atoms with Crippen molar-refractivity contribution in [1.82, 2.24) is 20.3 Å². The molecule has 1 aromatic carbocycles. The van der Waals surface area contributed by atoms with Crippen LogP contribution < -0.4 is 10.9 Å². The number of rotatable bonds is 4. The Morgan fingerprint density at radius 3 is 2.73 bits per heavy atom. The number of carbonyl (C=O) groups excluding carboxylic acids is 1. The van der Waals surface area contributed by atoms with Crippen molar-refractivity contribution in [3.05, 3.63) is 81.3 Å². The molecular weight excluding hydrogens is 383 g/mol. The van der Waals surface area contributed by atoms with Gasteiger partial charge in [-0.15, -0.1) is 0 Å². The lowest BCUT2D eigenvalue weighted by Gasteiger charge is -2.15. The summed E-state index contributed by atoms with van der Waals surface area (Å²) in [7, 11) is 0. The molecule has 1 unspecified atom stereocenters. The van der Waals surface area contributed by atoms with Crippen molar-refractivity contribution >= 4 is 5.91 Å². The molecule has 0 spiro atoms. The van der Waals surface area contributed by atoms with Crippen LogP contribution >= 0.6 is 0 Å². The summed E-state index contributed by atoms with van der Waals surface area (Å²) in [6, 6.07) is 9.58. The van der Waals surface area contributed by atoms with Crippen molar-refractivity contribution in [3.8, 4) is 11.4 Å². The van der Waals surface area contributed by atoms with Gasteiger partial charge in [0.05, 0.1) is 5.69 Å². The monoisotopic (exact) mass is 406 g/mol. The Morgan fingerprint density at radius 1 is 1.20 bits per heavy atom. The van der Waals surface area contributed by atoms with Gasteiger partial charge in [-0.1, -0.05) is 6.07 Å². The number of nitrogens with zero attached hydrogens (tertiary/aromatic N) is 2. The average Bonchev–Trinajstić information content (AvgIpc) is 2.95. The molecule has 2 aromatic heterocycles. The van der Waals surface area contributed by atoms with E-state index in [1.807, 2.05) is 13.0 Å². The lowest BCUT2D eigenvalue weighted by molar-refractivity contribution is 0.0940. The zero-order chi connectivity index (χ0) is 21.1. The van der Waals surface area contributed by atoms with E-state index in [-0.39, 0.29) is 23.2 Å². The van der Waals surface area contributed by atoms with Crippen LogP contribution in [0.25, 0.3) is 11.4 Å². The molecule has 3 aromatic rings. The average molecular weight is 406 g/mol. The van der Waals surface area contributed by atoms with E-state index in [9.17, 15) is 14.0 Å². The minimum atomic E-state index is -0.332. The van der Waals surface area contributed by atoms with Crippen LogP contribution in [0.15, 0.2) is 47.4 Å². The van der Waals surface area contributed by atoms with Crippen molar-refractivity contribution in [2.45, 2.75) is 32.6 Å². The van der Waals surface area contributed by atoms with Crippen molar-refractivity contribution in [3.63, 3.8) is 0 Å². The van der Waals surface area contributed by atoms with Crippen LogP contribution in [0.3, 0.4) is 0 Å². The minimum Gasteiger partial charge on any atom is -0.350 e. The molecule has 0 fully saturated rings. The first-order valence-corrected chi connectivity index (χ1v) is 10.1. The molecule has 0 radical (unpaired) electrons. The number of hydrogen-bond acceptors (Lipinski definition) is 4. The normalized spacial score (nSPS) is 15.9. The maximum absolute atomic E-state index is 13.2. The predicted octanol–water partition coefficient (Wildman–Crippen LogP) is 3.20. The summed E-state index contributed by atoms with van der Waals surface area (Å²) < 4.78 is 13.2. The van der Waals surface area contributed by atoms with Crippen LogP contribution in [-0.2, 0) is 12.8 Å². The maximum atomic E-state index is 13.2. The number of pyridine rings is 1. The number of hydrogen-bond donors (Lipinski definition) is 2. The van der Waals surface area contributed by atoms with Crippen molar-refractivity contribution in [1.29, 1.82) is 0 Å². The fourth-order valence-electron chi connectivity index (χ4n) is 3.84. The van der Waals surface area contributed by atoms with Crippen LogP contribution in [0.2, 0.25) is 0 Å². The lowest BCUT2D eigenvalue weighted by Crippen LogP contribution is -2.30. The summed E-state index contributed by atoms with van der Waals surface area (Å²) in [6.07, 6.45) is 4.52. The molecule has 0 aliphatic heterocycles. The first kappa shape index (κ1) is 19.9. The first-order valence-electron chi connectivity index (χ1n) is 10.1. The predicted molar refractivity (Wildman–Crippen MR) is 112 cm³/mol. The Balaban J connectivity index is 1.45. The van der Waals surface area contributed by atoms with Gasteiger partial charge in [0.2, 0.25) is 0 Å². The number of fused-ring (bicyclic) bond motifs is 1. The van der Waals surface area contributed by atoms with Gasteiger partial charge < -0.3 is 10.3 Å². The number of aromatic nitrogens is 3. The molecule has 7 heteroatoms. The highest BCUT2D eigenvalue weighted by Gasteiger charge is 2.21. The minimum absolute atomic E-state index is 0.145. The molecule has 30 heavy (non-hydrogen) atoms. The summed E-state index contributed by atoms with van der Waals surface area (Å²) in [6.45, 7) is 2.40. The third kappa shape index (κ3) is 4.30. The summed E-state index contributed by atoms with van der Waals surface area (Å²) in [5.41, 5.74) is 3.30. The van der Waals surface area contributed by atoms with Gasteiger partial charge >= 0.3 is 0 Å². The van der Waals surface area contributed by atoms with Crippen LogP contribution in [0.5, 0.6) is 0 Å². The number of carbonyl (C=O) groups is 1. The van der Waals surface area contributed by atoms with E-state index in [1.165, 1.54) is 12.1 Å². The van der Waals surface area contributed by atoms with Gasteiger partial charge in [-0.2, -0.15) is 0 Å². The second-order valence-corrected chi connectivity index (χ2v) is 7.67. The lowest BCUT2D eigenvalue weighted by atomic mass is 9.99. The standard InChI is InChI=1S/C23H23FN4O2/c1-14-3-2-12-25-20(14)23(30)26-13-15-4-10-18-19(11-5-15)27-21(28-22(18)29)16-6-8-17(24)9-7-16/h2-3,6-9,12,15H,4-5,10-11,13H2,1H3,(H,26,30)(H,27,28,29). The van der Waals surface area contributed by atoms with Gasteiger partial charge in [-0.25, -0.2) is 9.37 Å². The van der Waals surface area contributed by atoms with Crippen molar-refractivity contribution < 1.29 is 9.18 Å². The number of benzene rings is 1. The van der Waals surface area contributed by atoms with E-state index >= 15 is 0 Å². The Labute approximate surface area is 173 Å². The number of aryl methyl sites for hydroxylation is 2. The molecule has 0 saturated heterocycles. The highest BCUT2D eigenvalue weighted by atomic mass is 19.1. The smallest absolute Gasteiger partial charge is 0.270 e. The zero-order valence-electron chi connectivity index (χ0n) is 16.7. The SMILES string of the molecule is Cc1cccnc1C(=O)NCC1CCc2nc(-c3ccc(F)cc3)[nH]c(=O)c2CC1. The molecule has 2 N–H and O–H groups in total. The quantitative estimate of drug-likeness (QED) is 0.652. The summed E-state index contributed by atoms with van der Waals surface area (Å²) in [5.74, 6) is 0.197. The zero-order valence-corrected chi connectivity index (χ0v) is 16.7. The highest BCUT2D eigenvalue weighted by molar-refractivity contribution is 5.93. The van der Waals surface area contributed by atoms with E-state index in [2.05, 4.69) is 20.3 Å². The van der Waals surface area contributed by atoms with E-state index in [0.29, 0.717) is 42.0 Å². The first-order chi connectivity index (χ1) is 14.5. The molecule has 1 atom stereocenters. The molecule has 0 saturated carbocycles.